The molecule has 6 N–H and O–H groups in total. The second-order valence-corrected chi connectivity index (χ2v) is 7.86. The van der Waals surface area contributed by atoms with Gasteiger partial charge in [0.2, 0.25) is 23.6 Å². The molecule has 0 aliphatic carbocycles. The van der Waals surface area contributed by atoms with E-state index in [4.69, 9.17) is 0 Å². The van der Waals surface area contributed by atoms with Crippen LogP contribution in [0.15, 0.2) is 0 Å². The summed E-state index contributed by atoms with van der Waals surface area (Å²) in [6.45, 7) is 4.30. The lowest BCUT2D eigenvalue weighted by Gasteiger charge is -2.10. The van der Waals surface area contributed by atoms with Crippen LogP contribution in [-0.4, -0.2) is 99.0 Å². The average molecular weight is 435 g/mol. The van der Waals surface area contributed by atoms with Gasteiger partial charge in [0, 0.05) is 52.4 Å². The first-order valence-electron chi connectivity index (χ1n) is 9.21. The van der Waals surface area contributed by atoms with Gasteiger partial charge in [-0.1, -0.05) is 0 Å². The summed E-state index contributed by atoms with van der Waals surface area (Å²) in [6, 6.07) is 0. The van der Waals surface area contributed by atoms with Gasteiger partial charge < -0.3 is 31.9 Å². The van der Waals surface area contributed by atoms with Gasteiger partial charge in [-0.2, -0.15) is 0 Å². The third-order valence-electron chi connectivity index (χ3n) is 3.43. The Kier molecular flexibility index (Phi) is 14.4. The molecule has 0 aromatic carbocycles. The Labute approximate surface area is 173 Å². The van der Waals surface area contributed by atoms with E-state index in [2.05, 4.69) is 31.9 Å². The molecular formula is C16H30N6O4S2. The van der Waals surface area contributed by atoms with Crippen LogP contribution in [0.25, 0.3) is 0 Å². The van der Waals surface area contributed by atoms with Crippen molar-refractivity contribution in [3.8, 4) is 0 Å². The van der Waals surface area contributed by atoms with Crippen molar-refractivity contribution in [2.24, 2.45) is 0 Å². The topological polar surface area (TPSA) is 140 Å². The molecule has 0 saturated carbocycles. The Balaban J connectivity index is 2.29. The molecule has 0 spiro atoms. The van der Waals surface area contributed by atoms with Crippen molar-refractivity contribution < 1.29 is 19.2 Å². The van der Waals surface area contributed by atoms with Crippen molar-refractivity contribution in [1.82, 2.24) is 31.9 Å². The van der Waals surface area contributed by atoms with E-state index in [9.17, 15) is 19.2 Å². The van der Waals surface area contributed by atoms with Crippen molar-refractivity contribution in [3.63, 3.8) is 0 Å². The van der Waals surface area contributed by atoms with Crippen LogP contribution in [-0.2, 0) is 19.2 Å². The predicted octanol–water partition coefficient (Wildman–Crippen LogP) is -2.89. The molecule has 0 radical (unpaired) electrons. The van der Waals surface area contributed by atoms with Crippen molar-refractivity contribution in [2.75, 3.05) is 75.4 Å². The maximum Gasteiger partial charge on any atom is 0.230 e. The summed E-state index contributed by atoms with van der Waals surface area (Å²) in [5, 5.41) is 17.3. The summed E-state index contributed by atoms with van der Waals surface area (Å²) in [5.41, 5.74) is 0. The highest BCUT2D eigenvalue weighted by Gasteiger charge is 2.06. The van der Waals surface area contributed by atoms with E-state index in [1.165, 1.54) is 23.5 Å². The van der Waals surface area contributed by atoms with Crippen molar-refractivity contribution in [3.05, 3.63) is 0 Å². The summed E-state index contributed by atoms with van der Waals surface area (Å²) < 4.78 is 0. The zero-order valence-electron chi connectivity index (χ0n) is 15.9. The van der Waals surface area contributed by atoms with Gasteiger partial charge in [0.1, 0.15) is 0 Å². The van der Waals surface area contributed by atoms with Crippen molar-refractivity contribution in [2.45, 2.75) is 0 Å². The molecule has 1 rings (SSSR count). The standard InChI is InChI=1S/C16H30N6O4S2/c23-13-9-27-11-15(25)21-7-3-18-4-8-22-16(26)12-28-10-14(24)20-6-2-17-1-5-19-13/h17-18H,1-12H2,(H,19,23)(H,20,24)(H,21,25)(H,22,26). The molecule has 12 heteroatoms. The molecule has 0 unspecified atom stereocenters. The van der Waals surface area contributed by atoms with E-state index in [1.807, 2.05) is 0 Å². The second kappa shape index (κ2) is 16.5. The van der Waals surface area contributed by atoms with Crippen LogP contribution < -0.4 is 31.9 Å². The zero-order chi connectivity index (χ0) is 20.5. The van der Waals surface area contributed by atoms with Gasteiger partial charge in [-0.05, 0) is 0 Å². The lowest BCUT2D eigenvalue weighted by atomic mass is 10.5. The largest absolute Gasteiger partial charge is 0.354 e. The summed E-state index contributed by atoms with van der Waals surface area (Å²) in [6.07, 6.45) is 0. The van der Waals surface area contributed by atoms with Crippen LogP contribution in [0.3, 0.4) is 0 Å². The molecule has 0 aromatic heterocycles. The lowest BCUT2D eigenvalue weighted by Crippen LogP contribution is -2.38. The fourth-order valence-corrected chi connectivity index (χ4v) is 3.44. The number of thioether (sulfide) groups is 2. The van der Waals surface area contributed by atoms with Crippen LogP contribution in [0.4, 0.5) is 0 Å². The third-order valence-corrected chi connectivity index (χ3v) is 5.29. The fraction of sp³-hybridized carbons (Fsp3) is 0.750. The van der Waals surface area contributed by atoms with Crippen LogP contribution in [0.1, 0.15) is 0 Å². The average Bonchev–Trinajstić information content (AvgIpc) is 2.65. The number of nitrogens with one attached hydrogen (secondary N) is 6. The van der Waals surface area contributed by atoms with E-state index < -0.39 is 0 Å². The Morgan fingerprint density at radius 1 is 0.429 bits per heavy atom. The maximum atomic E-state index is 11.7. The number of rotatable bonds is 0. The zero-order valence-corrected chi connectivity index (χ0v) is 17.6. The molecule has 1 aliphatic heterocycles. The predicted molar refractivity (Wildman–Crippen MR) is 112 cm³/mol. The molecule has 1 fully saturated rings. The molecule has 1 saturated heterocycles. The number of hydrogen-bond acceptors (Lipinski definition) is 8. The number of carbonyl (C=O) groups excluding carboxylic acids is 4. The molecule has 4 amide bonds. The first-order chi connectivity index (χ1) is 13.6. The van der Waals surface area contributed by atoms with Crippen LogP contribution in [0.5, 0.6) is 0 Å². The van der Waals surface area contributed by atoms with E-state index in [0.717, 1.165) is 0 Å². The fourth-order valence-electron chi connectivity index (χ4n) is 2.09. The summed E-state index contributed by atoms with van der Waals surface area (Å²) in [5.74, 6) is 0.508. The number of carbonyl (C=O) groups is 4. The highest BCUT2D eigenvalue weighted by atomic mass is 32.2. The minimum Gasteiger partial charge on any atom is -0.354 e. The summed E-state index contributed by atoms with van der Waals surface area (Å²) >= 11 is 2.53. The van der Waals surface area contributed by atoms with Crippen LogP contribution in [0, 0.1) is 0 Å². The first-order valence-corrected chi connectivity index (χ1v) is 11.5. The summed E-state index contributed by atoms with van der Waals surface area (Å²) in [4.78, 5) is 46.7. The molecular weight excluding hydrogens is 404 g/mol. The Bertz CT molecular complexity index is 426. The Morgan fingerprint density at radius 2 is 0.679 bits per heavy atom. The van der Waals surface area contributed by atoms with Crippen molar-refractivity contribution >= 4 is 47.2 Å². The Morgan fingerprint density at radius 3 is 0.929 bits per heavy atom. The van der Waals surface area contributed by atoms with E-state index >= 15 is 0 Å². The van der Waals surface area contributed by atoms with Gasteiger partial charge in [-0.3, -0.25) is 19.2 Å². The SMILES string of the molecule is O=C1CSCC(=O)NCCNCCNC(=O)CSCC(=O)NCCNCCN1. The minimum absolute atomic E-state index is 0.108. The quantitative estimate of drug-likeness (QED) is 0.239. The number of hydrogen-bond donors (Lipinski definition) is 6. The summed E-state index contributed by atoms with van der Waals surface area (Å²) in [7, 11) is 0. The van der Waals surface area contributed by atoms with E-state index in [1.54, 1.807) is 0 Å². The smallest absolute Gasteiger partial charge is 0.230 e. The molecule has 1 heterocycles. The molecule has 1 aliphatic rings. The van der Waals surface area contributed by atoms with Gasteiger partial charge in [-0.25, -0.2) is 0 Å². The molecule has 28 heavy (non-hydrogen) atoms. The monoisotopic (exact) mass is 434 g/mol. The van der Waals surface area contributed by atoms with Crippen LogP contribution >= 0.6 is 23.5 Å². The van der Waals surface area contributed by atoms with Crippen molar-refractivity contribution in [1.29, 1.82) is 0 Å². The van der Waals surface area contributed by atoms with Gasteiger partial charge in [-0.15, -0.1) is 23.5 Å². The molecule has 0 aromatic rings. The van der Waals surface area contributed by atoms with Gasteiger partial charge >= 0.3 is 0 Å². The Hall–Kier alpha value is -1.50. The van der Waals surface area contributed by atoms with E-state index in [0.29, 0.717) is 52.4 Å². The number of amides is 4. The molecule has 160 valence electrons. The second-order valence-electron chi connectivity index (χ2n) is 5.89. The molecule has 0 atom stereocenters. The lowest BCUT2D eigenvalue weighted by molar-refractivity contribution is -0.119. The highest BCUT2D eigenvalue weighted by molar-refractivity contribution is 8.00. The van der Waals surface area contributed by atoms with Gasteiger partial charge in [0.25, 0.3) is 0 Å². The van der Waals surface area contributed by atoms with Gasteiger partial charge in [0.05, 0.1) is 23.0 Å². The molecule has 0 bridgehead atoms. The normalized spacial score (nSPS) is 21.4. The third kappa shape index (κ3) is 14.5. The van der Waals surface area contributed by atoms with Gasteiger partial charge in [0.15, 0.2) is 0 Å². The molecule has 10 nitrogen and oxygen atoms in total. The highest BCUT2D eigenvalue weighted by Crippen LogP contribution is 1.98. The first kappa shape index (κ1) is 24.5. The maximum absolute atomic E-state index is 11.7. The van der Waals surface area contributed by atoms with Crippen LogP contribution in [0.2, 0.25) is 0 Å². The minimum atomic E-state index is -0.108. The van der Waals surface area contributed by atoms with E-state index in [-0.39, 0.29) is 46.6 Å².